The highest BCUT2D eigenvalue weighted by Crippen LogP contribution is 2.18. The van der Waals surface area contributed by atoms with Crippen molar-refractivity contribution in [2.45, 2.75) is 12.5 Å². The van der Waals surface area contributed by atoms with Gasteiger partial charge in [-0.25, -0.2) is 0 Å². The van der Waals surface area contributed by atoms with Crippen LogP contribution in [0.25, 0.3) is 0 Å². The minimum Gasteiger partial charge on any atom is -0.385 e. The Bertz CT molecular complexity index is 444. The normalized spacial score (nSPS) is 17.4. The molecule has 0 saturated carbocycles. The van der Waals surface area contributed by atoms with E-state index in [-0.39, 0.29) is 12.5 Å². The molecule has 1 aliphatic rings. The molecule has 1 aromatic carbocycles. The van der Waals surface area contributed by atoms with Crippen molar-refractivity contribution in [2.75, 3.05) is 19.6 Å². The number of rotatable bonds is 3. The van der Waals surface area contributed by atoms with Crippen LogP contribution < -0.4 is 10.6 Å². The molecular weight excluding hydrogens is 240 g/mol. The third-order valence-corrected chi connectivity index (χ3v) is 3.41. The molecule has 4 nitrogen and oxygen atoms in total. The van der Waals surface area contributed by atoms with Crippen molar-refractivity contribution in [1.82, 2.24) is 10.6 Å². The van der Waals surface area contributed by atoms with Gasteiger partial charge < -0.3 is 15.7 Å². The van der Waals surface area contributed by atoms with Crippen molar-refractivity contribution in [2.24, 2.45) is 0 Å². The predicted octanol–water partition coefficient (Wildman–Crippen LogP) is 0.713. The molecule has 0 aromatic heterocycles. The molecule has 1 heterocycles. The Morgan fingerprint density at radius 1 is 1.59 bits per heavy atom. The van der Waals surface area contributed by atoms with Crippen molar-refractivity contribution in [3.05, 3.63) is 34.3 Å². The Labute approximate surface area is 105 Å². The van der Waals surface area contributed by atoms with Gasteiger partial charge in [-0.3, -0.25) is 4.79 Å². The zero-order chi connectivity index (χ0) is 12.5. The van der Waals surface area contributed by atoms with Gasteiger partial charge in [0.2, 0.25) is 0 Å². The molecule has 2 rings (SSSR count). The van der Waals surface area contributed by atoms with Crippen LogP contribution in [0.4, 0.5) is 0 Å². The molecular formula is C12H15ClN2O2. The van der Waals surface area contributed by atoms with E-state index in [9.17, 15) is 9.90 Å². The maximum atomic E-state index is 11.9. The summed E-state index contributed by atoms with van der Waals surface area (Å²) in [5.74, 6) is -0.203. The number of carbonyl (C=O) groups excluding carboxylic acids is 1. The summed E-state index contributed by atoms with van der Waals surface area (Å²) in [5, 5.41) is 16.1. The fraction of sp³-hybridized carbons (Fsp3) is 0.417. The van der Waals surface area contributed by atoms with Crippen LogP contribution in [-0.4, -0.2) is 36.2 Å². The van der Waals surface area contributed by atoms with E-state index < -0.39 is 5.60 Å². The molecule has 1 aromatic rings. The van der Waals surface area contributed by atoms with Crippen LogP contribution in [-0.2, 0) is 0 Å². The van der Waals surface area contributed by atoms with Crippen molar-refractivity contribution in [3.63, 3.8) is 0 Å². The van der Waals surface area contributed by atoms with Gasteiger partial charge >= 0.3 is 0 Å². The van der Waals surface area contributed by atoms with Crippen LogP contribution in [0, 0.1) is 6.92 Å². The van der Waals surface area contributed by atoms with Gasteiger partial charge in [0.1, 0.15) is 5.60 Å². The average molecular weight is 255 g/mol. The first-order valence-corrected chi connectivity index (χ1v) is 5.86. The van der Waals surface area contributed by atoms with Crippen molar-refractivity contribution >= 4 is 17.5 Å². The standard InChI is InChI=1S/C12H15ClN2O2/c1-8-9(3-2-4-10(8)13)11(16)15-7-12(17)5-14-6-12/h2-4,14,17H,5-7H2,1H3,(H,15,16). The summed E-state index contributed by atoms with van der Waals surface area (Å²) >= 11 is 5.95. The van der Waals surface area contributed by atoms with E-state index in [1.807, 2.05) is 0 Å². The SMILES string of the molecule is Cc1c(Cl)cccc1C(=O)NCC1(O)CNC1. The topological polar surface area (TPSA) is 61.4 Å². The first-order valence-electron chi connectivity index (χ1n) is 5.48. The first-order chi connectivity index (χ1) is 8.02. The van der Waals surface area contributed by atoms with Gasteiger partial charge in [0.15, 0.2) is 0 Å². The fourth-order valence-corrected chi connectivity index (χ4v) is 1.91. The van der Waals surface area contributed by atoms with Gasteiger partial charge in [-0.1, -0.05) is 17.7 Å². The number of hydrogen-bond acceptors (Lipinski definition) is 3. The summed E-state index contributed by atoms with van der Waals surface area (Å²) in [7, 11) is 0. The van der Waals surface area contributed by atoms with E-state index in [1.54, 1.807) is 25.1 Å². The summed E-state index contributed by atoms with van der Waals surface area (Å²) < 4.78 is 0. The molecule has 0 unspecified atom stereocenters. The third-order valence-electron chi connectivity index (χ3n) is 3.00. The molecule has 92 valence electrons. The van der Waals surface area contributed by atoms with Crippen LogP contribution >= 0.6 is 11.6 Å². The lowest BCUT2D eigenvalue weighted by atomic mass is 9.97. The van der Waals surface area contributed by atoms with E-state index >= 15 is 0 Å². The second-order valence-corrected chi connectivity index (χ2v) is 4.83. The lowest BCUT2D eigenvalue weighted by Gasteiger charge is -2.37. The lowest BCUT2D eigenvalue weighted by Crippen LogP contribution is -2.64. The van der Waals surface area contributed by atoms with E-state index in [0.717, 1.165) is 5.56 Å². The molecule has 0 atom stereocenters. The molecule has 0 aliphatic carbocycles. The number of halogens is 1. The van der Waals surface area contributed by atoms with Crippen LogP contribution in [0.15, 0.2) is 18.2 Å². The number of β-amino-alcohol motifs (C(OH)–C–C–N with tert-alkyl or cyclic N) is 1. The van der Waals surface area contributed by atoms with Crippen LogP contribution in [0.3, 0.4) is 0 Å². The van der Waals surface area contributed by atoms with Gasteiger partial charge in [-0.05, 0) is 24.6 Å². The van der Waals surface area contributed by atoms with Gasteiger partial charge in [0.25, 0.3) is 5.91 Å². The molecule has 0 radical (unpaired) electrons. The zero-order valence-corrected chi connectivity index (χ0v) is 10.3. The Morgan fingerprint density at radius 2 is 2.29 bits per heavy atom. The molecule has 1 aliphatic heterocycles. The second-order valence-electron chi connectivity index (χ2n) is 4.42. The summed E-state index contributed by atoms with van der Waals surface area (Å²) in [6, 6.07) is 5.21. The van der Waals surface area contributed by atoms with Gasteiger partial charge in [0, 0.05) is 30.2 Å². The highest BCUT2D eigenvalue weighted by atomic mass is 35.5. The zero-order valence-electron chi connectivity index (χ0n) is 9.59. The Hall–Kier alpha value is -1.10. The van der Waals surface area contributed by atoms with Crippen molar-refractivity contribution < 1.29 is 9.90 Å². The third kappa shape index (κ3) is 2.60. The van der Waals surface area contributed by atoms with E-state index in [1.165, 1.54) is 0 Å². The van der Waals surface area contributed by atoms with Crippen LogP contribution in [0.5, 0.6) is 0 Å². The molecule has 0 bridgehead atoms. The molecule has 3 N–H and O–H groups in total. The fourth-order valence-electron chi connectivity index (χ4n) is 1.73. The summed E-state index contributed by atoms with van der Waals surface area (Å²) in [6.07, 6.45) is 0. The molecule has 5 heteroatoms. The molecule has 1 amide bonds. The first kappa shape index (κ1) is 12.4. The number of hydrogen-bond donors (Lipinski definition) is 3. The average Bonchev–Trinajstić information content (AvgIpc) is 2.27. The van der Waals surface area contributed by atoms with Crippen molar-refractivity contribution in [1.29, 1.82) is 0 Å². The Kier molecular flexibility index (Phi) is 3.38. The van der Waals surface area contributed by atoms with Gasteiger partial charge in [0.05, 0.1) is 0 Å². The molecule has 1 saturated heterocycles. The van der Waals surface area contributed by atoms with Crippen LogP contribution in [0.1, 0.15) is 15.9 Å². The maximum Gasteiger partial charge on any atom is 0.251 e. The van der Waals surface area contributed by atoms with E-state index in [2.05, 4.69) is 10.6 Å². The predicted molar refractivity (Wildman–Crippen MR) is 66.3 cm³/mol. The minimum absolute atomic E-state index is 0.203. The second kappa shape index (κ2) is 4.64. The molecule has 17 heavy (non-hydrogen) atoms. The van der Waals surface area contributed by atoms with Gasteiger partial charge in [-0.15, -0.1) is 0 Å². The monoisotopic (exact) mass is 254 g/mol. The number of amides is 1. The number of benzene rings is 1. The van der Waals surface area contributed by atoms with Gasteiger partial charge in [-0.2, -0.15) is 0 Å². The van der Waals surface area contributed by atoms with Crippen LogP contribution in [0.2, 0.25) is 5.02 Å². The number of carbonyl (C=O) groups is 1. The summed E-state index contributed by atoms with van der Waals surface area (Å²) in [6.45, 7) is 3.09. The molecule has 0 spiro atoms. The summed E-state index contributed by atoms with van der Waals surface area (Å²) in [4.78, 5) is 11.9. The Morgan fingerprint density at radius 3 is 2.88 bits per heavy atom. The van der Waals surface area contributed by atoms with Crippen molar-refractivity contribution in [3.8, 4) is 0 Å². The van der Waals surface area contributed by atoms with E-state index in [4.69, 9.17) is 11.6 Å². The smallest absolute Gasteiger partial charge is 0.251 e. The highest BCUT2D eigenvalue weighted by Gasteiger charge is 2.34. The minimum atomic E-state index is -0.803. The number of nitrogens with one attached hydrogen (secondary N) is 2. The quantitative estimate of drug-likeness (QED) is 0.745. The largest absolute Gasteiger partial charge is 0.385 e. The summed E-state index contributed by atoms with van der Waals surface area (Å²) in [5.41, 5.74) is 0.501. The van der Waals surface area contributed by atoms with E-state index in [0.29, 0.717) is 23.7 Å². The molecule has 1 fully saturated rings. The lowest BCUT2D eigenvalue weighted by molar-refractivity contribution is -0.00760. The number of aliphatic hydroxyl groups is 1. The Balaban J connectivity index is 2.02. The maximum absolute atomic E-state index is 11.9. The highest BCUT2D eigenvalue weighted by molar-refractivity contribution is 6.31.